The van der Waals surface area contributed by atoms with Crippen molar-refractivity contribution >= 4 is 0 Å². The maximum absolute atomic E-state index is 11.3. The van der Waals surface area contributed by atoms with Crippen LogP contribution in [0.3, 0.4) is 0 Å². The molecule has 0 amide bonds. The van der Waals surface area contributed by atoms with Crippen LogP contribution in [-0.2, 0) is 0 Å². The Hall–Kier alpha value is -0.120. The summed E-state index contributed by atoms with van der Waals surface area (Å²) in [5.74, 6) is 2.08. The summed E-state index contributed by atoms with van der Waals surface area (Å²) in [5, 5.41) is 18.4. The molecule has 0 aromatic rings. The van der Waals surface area contributed by atoms with Gasteiger partial charge in [-0.05, 0) is 111 Å². The molecule has 0 unspecified atom stereocenters. The van der Waals surface area contributed by atoms with Crippen molar-refractivity contribution in [3.05, 3.63) is 0 Å². The largest absolute Gasteiger partial charge is 0.393 e. The van der Waals surface area contributed by atoms with Gasteiger partial charge in [0.2, 0.25) is 0 Å². The van der Waals surface area contributed by atoms with E-state index in [1.807, 2.05) is 0 Å². The van der Waals surface area contributed by atoms with Gasteiger partial charge in [0, 0.05) is 18.0 Å². The van der Waals surface area contributed by atoms with E-state index in [1.54, 1.807) is 0 Å². The van der Waals surface area contributed by atoms with Crippen molar-refractivity contribution in [3.8, 4) is 0 Å². The molecule has 5 saturated carbocycles. The third-order valence-corrected chi connectivity index (χ3v) is 12.5. The van der Waals surface area contributed by atoms with E-state index in [0.717, 1.165) is 18.3 Å². The van der Waals surface area contributed by atoms with Gasteiger partial charge in [-0.2, -0.15) is 0 Å². The molecular formula is C26H46N2O. The Bertz CT molecular complexity index is 692. The minimum Gasteiger partial charge on any atom is -0.393 e. The van der Waals surface area contributed by atoms with Crippen LogP contribution in [0.25, 0.3) is 0 Å². The van der Waals surface area contributed by atoms with Gasteiger partial charge >= 0.3 is 0 Å². The number of nitrogens with one attached hydrogen (secondary N) is 2. The highest BCUT2D eigenvalue weighted by molar-refractivity contribution is 5.31. The molecule has 0 aromatic carbocycles. The minimum absolute atomic E-state index is 0.147. The fourth-order valence-electron chi connectivity index (χ4n) is 11.1. The third kappa shape index (κ3) is 2.16. The molecule has 0 heterocycles. The van der Waals surface area contributed by atoms with E-state index in [0.29, 0.717) is 39.7 Å². The first kappa shape index (κ1) is 20.8. The lowest BCUT2D eigenvalue weighted by Gasteiger charge is -2.63. The first-order chi connectivity index (χ1) is 13.5. The Labute approximate surface area is 179 Å². The average Bonchev–Trinajstić information content (AvgIpc) is 3.26. The maximum atomic E-state index is 11.3. The summed E-state index contributed by atoms with van der Waals surface area (Å²) < 4.78 is 0. The molecule has 0 radical (unpaired) electrons. The zero-order valence-electron chi connectivity index (χ0n) is 20.1. The van der Waals surface area contributed by atoms with Crippen molar-refractivity contribution in [2.24, 2.45) is 44.8 Å². The predicted molar refractivity (Wildman–Crippen MR) is 120 cm³/mol. The molecule has 5 aliphatic carbocycles. The molecule has 0 bridgehead atoms. The Balaban J connectivity index is 1.52. The molecule has 3 nitrogen and oxygen atoms in total. The minimum atomic E-state index is -0.147. The summed E-state index contributed by atoms with van der Waals surface area (Å²) in [6, 6.07) is 1.06. The van der Waals surface area contributed by atoms with Gasteiger partial charge in [0.1, 0.15) is 0 Å². The molecule has 3 heteroatoms. The summed E-state index contributed by atoms with van der Waals surface area (Å²) in [6.07, 6.45) is 10.7. The number of fused-ring (bicyclic) bond motifs is 2. The van der Waals surface area contributed by atoms with Crippen LogP contribution in [0.2, 0.25) is 0 Å². The highest BCUT2D eigenvalue weighted by Crippen LogP contribution is 2.88. The van der Waals surface area contributed by atoms with Crippen molar-refractivity contribution in [1.82, 2.24) is 10.6 Å². The van der Waals surface area contributed by atoms with Crippen molar-refractivity contribution < 1.29 is 5.11 Å². The number of aliphatic hydroxyl groups is 1. The molecule has 0 aliphatic heterocycles. The quantitative estimate of drug-likeness (QED) is 0.647. The van der Waals surface area contributed by atoms with Crippen LogP contribution < -0.4 is 10.6 Å². The van der Waals surface area contributed by atoms with Crippen LogP contribution in [0.1, 0.15) is 86.0 Å². The summed E-state index contributed by atoms with van der Waals surface area (Å²) in [5.41, 5.74) is 2.14. The molecule has 2 spiro atoms. The zero-order valence-corrected chi connectivity index (χ0v) is 20.1. The molecule has 10 atom stereocenters. The molecule has 5 rings (SSSR count). The van der Waals surface area contributed by atoms with E-state index in [1.165, 1.54) is 44.9 Å². The first-order valence-electron chi connectivity index (χ1n) is 12.6. The summed E-state index contributed by atoms with van der Waals surface area (Å²) in [4.78, 5) is 0. The second kappa shape index (κ2) is 6.01. The van der Waals surface area contributed by atoms with Gasteiger partial charge in [0.15, 0.2) is 0 Å². The van der Waals surface area contributed by atoms with E-state index in [4.69, 9.17) is 0 Å². The first-order valence-corrected chi connectivity index (χ1v) is 12.6. The monoisotopic (exact) mass is 402 g/mol. The molecule has 5 aliphatic rings. The summed E-state index contributed by atoms with van der Waals surface area (Å²) in [6.45, 7) is 12.6. The van der Waals surface area contributed by atoms with E-state index >= 15 is 0 Å². The SMILES string of the molecule is CN[C@@H](C)[C@H]1[C@H](O)C[C@@]2(C)[C@@H]3CC[C@H]4C(C)(C)[C@@H](NC)CC[C@@]45C[C@]35CC[C@]12C. The van der Waals surface area contributed by atoms with Gasteiger partial charge in [-0.3, -0.25) is 0 Å². The van der Waals surface area contributed by atoms with Crippen molar-refractivity contribution in [3.63, 3.8) is 0 Å². The zero-order chi connectivity index (χ0) is 21.0. The van der Waals surface area contributed by atoms with Gasteiger partial charge in [0.25, 0.3) is 0 Å². The van der Waals surface area contributed by atoms with E-state index < -0.39 is 0 Å². The fourth-order valence-corrected chi connectivity index (χ4v) is 11.1. The van der Waals surface area contributed by atoms with Gasteiger partial charge in [0.05, 0.1) is 6.10 Å². The van der Waals surface area contributed by atoms with Crippen LogP contribution >= 0.6 is 0 Å². The lowest BCUT2D eigenvalue weighted by atomic mass is 9.42. The maximum Gasteiger partial charge on any atom is 0.0594 e. The smallest absolute Gasteiger partial charge is 0.0594 e. The molecule has 0 aromatic heterocycles. The Morgan fingerprint density at radius 1 is 0.862 bits per heavy atom. The Morgan fingerprint density at radius 3 is 2.17 bits per heavy atom. The molecule has 0 saturated heterocycles. The Kier molecular flexibility index (Phi) is 4.31. The van der Waals surface area contributed by atoms with E-state index in [2.05, 4.69) is 59.3 Å². The van der Waals surface area contributed by atoms with Crippen LogP contribution in [0, 0.1) is 44.8 Å². The summed E-state index contributed by atoms with van der Waals surface area (Å²) in [7, 11) is 4.25. The lowest BCUT2D eigenvalue weighted by molar-refractivity contribution is -0.144. The number of hydrogen-bond donors (Lipinski definition) is 3. The van der Waals surface area contributed by atoms with E-state index in [9.17, 15) is 5.11 Å². The van der Waals surface area contributed by atoms with Gasteiger partial charge in [-0.1, -0.05) is 27.7 Å². The molecule has 29 heavy (non-hydrogen) atoms. The number of hydrogen-bond acceptors (Lipinski definition) is 3. The molecule has 3 N–H and O–H groups in total. The van der Waals surface area contributed by atoms with Crippen molar-refractivity contribution in [1.29, 1.82) is 0 Å². The normalized spacial score (nSPS) is 58.6. The summed E-state index contributed by atoms with van der Waals surface area (Å²) >= 11 is 0. The topological polar surface area (TPSA) is 44.3 Å². The third-order valence-electron chi connectivity index (χ3n) is 12.5. The van der Waals surface area contributed by atoms with Crippen molar-refractivity contribution in [2.45, 2.75) is 104 Å². The van der Waals surface area contributed by atoms with Crippen LogP contribution in [0.4, 0.5) is 0 Å². The lowest BCUT2D eigenvalue weighted by Crippen LogP contribution is -2.59. The Morgan fingerprint density at radius 2 is 1.52 bits per heavy atom. The number of aliphatic hydroxyl groups excluding tert-OH is 1. The molecular weight excluding hydrogens is 356 g/mol. The molecule has 5 fully saturated rings. The van der Waals surface area contributed by atoms with Crippen molar-refractivity contribution in [2.75, 3.05) is 14.1 Å². The standard InChI is InChI=1S/C26H46N2O/c1-16(27-6)21-17(29)14-24(5)19-9-8-18-22(2,3)20(28-7)10-11-25(18)15-26(19,25)13-12-23(21,24)4/h16-21,27-29H,8-15H2,1-7H3/t16-,17+,18-,19-,20-,21-,23+,24-,25+,26+/m0/s1. The van der Waals surface area contributed by atoms with Crippen LogP contribution in [-0.4, -0.2) is 37.4 Å². The van der Waals surface area contributed by atoms with E-state index in [-0.39, 0.29) is 11.5 Å². The highest BCUT2D eigenvalue weighted by Gasteiger charge is 2.82. The highest BCUT2D eigenvalue weighted by atomic mass is 16.3. The predicted octanol–water partition coefficient (Wildman–Crippen LogP) is 4.59. The van der Waals surface area contributed by atoms with Gasteiger partial charge in [-0.25, -0.2) is 0 Å². The van der Waals surface area contributed by atoms with Gasteiger partial charge < -0.3 is 15.7 Å². The molecule has 166 valence electrons. The fraction of sp³-hybridized carbons (Fsp3) is 1.00. The van der Waals surface area contributed by atoms with Gasteiger partial charge in [-0.15, -0.1) is 0 Å². The number of rotatable bonds is 3. The second-order valence-corrected chi connectivity index (χ2v) is 13.1. The average molecular weight is 403 g/mol. The van der Waals surface area contributed by atoms with Crippen LogP contribution in [0.5, 0.6) is 0 Å². The van der Waals surface area contributed by atoms with Crippen LogP contribution in [0.15, 0.2) is 0 Å². The second-order valence-electron chi connectivity index (χ2n) is 13.1.